The summed E-state index contributed by atoms with van der Waals surface area (Å²) >= 11 is 1.58. The summed E-state index contributed by atoms with van der Waals surface area (Å²) in [5.74, 6) is 0.692. The molecule has 7 heteroatoms. The van der Waals surface area contributed by atoms with Crippen LogP contribution in [0.5, 0.6) is 11.5 Å². The van der Waals surface area contributed by atoms with Gasteiger partial charge in [0.1, 0.15) is 36.0 Å². The number of fused-ring (bicyclic) bond motifs is 3. The highest BCUT2D eigenvalue weighted by atomic mass is 32.2. The Morgan fingerprint density at radius 3 is 2.85 bits per heavy atom. The molecular weight excluding hydrogens is 453 g/mol. The minimum atomic E-state index is -0.817. The zero-order chi connectivity index (χ0) is 23.5. The molecular formula is C27H22FNO4S. The highest BCUT2D eigenvalue weighted by molar-refractivity contribution is 7.99. The zero-order valence-corrected chi connectivity index (χ0v) is 19.1. The van der Waals surface area contributed by atoms with E-state index in [0.29, 0.717) is 29.3 Å². The van der Waals surface area contributed by atoms with Gasteiger partial charge < -0.3 is 14.6 Å². The number of para-hydroxylation sites is 1. The van der Waals surface area contributed by atoms with Crippen LogP contribution in [0.1, 0.15) is 34.1 Å². The summed E-state index contributed by atoms with van der Waals surface area (Å²) in [5.41, 5.74) is 4.08. The lowest BCUT2D eigenvalue weighted by atomic mass is 10.00. The van der Waals surface area contributed by atoms with E-state index in [9.17, 15) is 9.18 Å². The molecule has 4 aromatic rings. The van der Waals surface area contributed by atoms with Crippen LogP contribution in [0.3, 0.4) is 0 Å². The second-order valence-electron chi connectivity index (χ2n) is 7.98. The predicted octanol–water partition coefficient (Wildman–Crippen LogP) is 6.14. The van der Waals surface area contributed by atoms with Gasteiger partial charge in [-0.05, 0) is 41.5 Å². The van der Waals surface area contributed by atoms with Crippen molar-refractivity contribution in [2.24, 2.45) is 0 Å². The van der Waals surface area contributed by atoms with E-state index in [1.807, 2.05) is 54.6 Å². The van der Waals surface area contributed by atoms with Gasteiger partial charge in [0.05, 0.1) is 17.4 Å². The summed E-state index contributed by atoms with van der Waals surface area (Å²) in [6.07, 6.45) is 0.0832. The van der Waals surface area contributed by atoms with Gasteiger partial charge in [-0.25, -0.2) is 9.37 Å². The van der Waals surface area contributed by atoms with Gasteiger partial charge in [0.2, 0.25) is 0 Å². The number of halogens is 1. The number of aromatic nitrogens is 1. The van der Waals surface area contributed by atoms with Crippen molar-refractivity contribution in [1.82, 2.24) is 4.98 Å². The van der Waals surface area contributed by atoms with Crippen LogP contribution in [0, 0.1) is 5.82 Å². The van der Waals surface area contributed by atoms with Crippen molar-refractivity contribution in [1.29, 1.82) is 0 Å². The maximum absolute atomic E-state index is 14.1. The molecule has 0 aliphatic carbocycles. The van der Waals surface area contributed by atoms with Gasteiger partial charge in [-0.3, -0.25) is 4.79 Å². The third-order valence-electron chi connectivity index (χ3n) is 5.70. The average molecular weight is 476 g/mol. The molecule has 0 saturated carbocycles. The van der Waals surface area contributed by atoms with Crippen LogP contribution < -0.4 is 9.47 Å². The Balaban J connectivity index is 1.41. The van der Waals surface area contributed by atoms with Crippen molar-refractivity contribution >= 4 is 28.6 Å². The van der Waals surface area contributed by atoms with E-state index < -0.39 is 5.97 Å². The predicted molar refractivity (Wildman–Crippen MR) is 130 cm³/mol. The average Bonchev–Trinajstić information content (AvgIpc) is 3.00. The molecule has 0 bridgehead atoms. The standard InChI is InChI=1S/C27H22FNO4S/c28-23-7-3-5-17-8-9-19(29-26(17)23)16-32-20-10-11-24-22(14-20)27(34-13-12-25(30)31)21-6-2-1-4-18(21)15-33-24/h1-11,14,27H,12-13,15-16H2,(H,30,31). The Morgan fingerprint density at radius 2 is 1.97 bits per heavy atom. The first-order chi connectivity index (χ1) is 16.6. The number of thioether (sulfide) groups is 1. The molecule has 172 valence electrons. The maximum atomic E-state index is 14.1. The number of carboxylic acids is 1. The summed E-state index contributed by atoms with van der Waals surface area (Å²) in [6, 6.07) is 22.3. The van der Waals surface area contributed by atoms with Crippen LogP contribution in [-0.4, -0.2) is 21.8 Å². The minimum absolute atomic E-state index is 0.0792. The smallest absolute Gasteiger partial charge is 0.304 e. The molecule has 1 N–H and O–H groups in total. The third-order valence-corrected chi connectivity index (χ3v) is 6.98. The van der Waals surface area contributed by atoms with Gasteiger partial charge in [0.25, 0.3) is 0 Å². The van der Waals surface area contributed by atoms with E-state index in [2.05, 4.69) is 11.1 Å². The van der Waals surface area contributed by atoms with Gasteiger partial charge in [0.15, 0.2) is 0 Å². The molecule has 1 unspecified atom stereocenters. The molecule has 0 saturated heterocycles. The number of rotatable bonds is 7. The lowest BCUT2D eigenvalue weighted by Crippen LogP contribution is -2.04. The lowest BCUT2D eigenvalue weighted by molar-refractivity contribution is -0.136. The van der Waals surface area contributed by atoms with Gasteiger partial charge in [0, 0.05) is 16.7 Å². The normalized spacial score (nSPS) is 14.6. The fourth-order valence-electron chi connectivity index (χ4n) is 4.03. The van der Waals surface area contributed by atoms with Crippen molar-refractivity contribution < 1.29 is 23.8 Å². The number of hydrogen-bond acceptors (Lipinski definition) is 5. The molecule has 1 aliphatic rings. The number of nitrogens with zero attached hydrogens (tertiary/aromatic N) is 1. The van der Waals surface area contributed by atoms with Crippen LogP contribution in [0.4, 0.5) is 4.39 Å². The van der Waals surface area contributed by atoms with Crippen molar-refractivity contribution in [3.8, 4) is 11.5 Å². The van der Waals surface area contributed by atoms with Crippen molar-refractivity contribution in [3.63, 3.8) is 0 Å². The Hall–Kier alpha value is -3.58. The van der Waals surface area contributed by atoms with Crippen molar-refractivity contribution in [2.45, 2.75) is 24.9 Å². The van der Waals surface area contributed by atoms with E-state index in [1.165, 1.54) is 6.07 Å². The first kappa shape index (κ1) is 22.2. The number of carbonyl (C=O) groups is 1. The second kappa shape index (κ2) is 9.73. The van der Waals surface area contributed by atoms with Gasteiger partial charge >= 0.3 is 5.97 Å². The fraction of sp³-hybridized carbons (Fsp3) is 0.185. The Labute approximate surface area is 200 Å². The molecule has 0 amide bonds. The molecule has 34 heavy (non-hydrogen) atoms. The molecule has 0 fully saturated rings. The van der Waals surface area contributed by atoms with Crippen LogP contribution >= 0.6 is 11.8 Å². The monoisotopic (exact) mass is 475 g/mol. The first-order valence-corrected chi connectivity index (χ1v) is 12.0. The number of carboxylic acid groups (broad SMARTS) is 1. The van der Waals surface area contributed by atoms with E-state index in [4.69, 9.17) is 14.6 Å². The number of ether oxygens (including phenoxy) is 2. The Morgan fingerprint density at radius 1 is 1.09 bits per heavy atom. The zero-order valence-electron chi connectivity index (χ0n) is 18.2. The molecule has 1 aliphatic heterocycles. The molecule has 0 radical (unpaired) electrons. The van der Waals surface area contributed by atoms with Crippen LogP contribution in [0.15, 0.2) is 72.8 Å². The first-order valence-electron chi connectivity index (χ1n) is 10.9. The van der Waals surface area contributed by atoms with E-state index in [1.54, 1.807) is 17.8 Å². The Kier molecular flexibility index (Phi) is 6.36. The van der Waals surface area contributed by atoms with Crippen LogP contribution in [0.2, 0.25) is 0 Å². The minimum Gasteiger partial charge on any atom is -0.489 e. The molecule has 1 atom stereocenters. The van der Waals surface area contributed by atoms with E-state index in [-0.39, 0.29) is 24.1 Å². The summed E-state index contributed by atoms with van der Waals surface area (Å²) in [4.78, 5) is 15.5. The number of pyridine rings is 1. The number of benzene rings is 3. The van der Waals surface area contributed by atoms with Crippen molar-refractivity contribution in [2.75, 3.05) is 5.75 Å². The lowest BCUT2D eigenvalue weighted by Gasteiger charge is -2.19. The van der Waals surface area contributed by atoms with Gasteiger partial charge in [-0.2, -0.15) is 0 Å². The summed E-state index contributed by atoms with van der Waals surface area (Å²) < 4.78 is 26.2. The van der Waals surface area contributed by atoms with Crippen molar-refractivity contribution in [3.05, 3.63) is 101 Å². The summed E-state index contributed by atoms with van der Waals surface area (Å²) in [5, 5.41) is 9.77. The highest BCUT2D eigenvalue weighted by Gasteiger charge is 2.26. The Bertz CT molecular complexity index is 1360. The van der Waals surface area contributed by atoms with Gasteiger partial charge in [-0.1, -0.05) is 42.5 Å². The maximum Gasteiger partial charge on any atom is 0.304 e. The van der Waals surface area contributed by atoms with E-state index in [0.717, 1.165) is 27.8 Å². The number of aliphatic carboxylic acids is 1. The quantitative estimate of drug-likeness (QED) is 0.346. The van der Waals surface area contributed by atoms with E-state index >= 15 is 0 Å². The molecule has 1 aromatic heterocycles. The summed E-state index contributed by atoms with van der Waals surface area (Å²) in [7, 11) is 0. The highest BCUT2D eigenvalue weighted by Crippen LogP contribution is 2.45. The summed E-state index contributed by atoms with van der Waals surface area (Å²) in [6.45, 7) is 0.642. The molecule has 2 heterocycles. The molecule has 5 rings (SSSR count). The second-order valence-corrected chi connectivity index (χ2v) is 9.20. The fourth-order valence-corrected chi connectivity index (χ4v) is 5.33. The largest absolute Gasteiger partial charge is 0.489 e. The number of hydrogen-bond donors (Lipinski definition) is 1. The molecule has 0 spiro atoms. The third kappa shape index (κ3) is 4.70. The SMILES string of the molecule is O=C(O)CCSC1c2ccccc2COc2ccc(OCc3ccc4cccc(F)c4n3)cc21. The molecule has 5 nitrogen and oxygen atoms in total. The topological polar surface area (TPSA) is 68.7 Å². The van der Waals surface area contributed by atoms with Crippen LogP contribution in [-0.2, 0) is 18.0 Å². The molecule has 3 aromatic carbocycles. The van der Waals surface area contributed by atoms with Crippen LogP contribution in [0.25, 0.3) is 10.9 Å². The van der Waals surface area contributed by atoms with Gasteiger partial charge in [-0.15, -0.1) is 11.8 Å².